The number of carboxylic acids is 2. The molecule has 98 valence electrons. The zero-order chi connectivity index (χ0) is 14.1. The lowest BCUT2D eigenvalue weighted by molar-refractivity contribution is -0.138. The number of hydrogen-bond donors (Lipinski definition) is 4. The van der Waals surface area contributed by atoms with E-state index in [1.807, 2.05) is 0 Å². The van der Waals surface area contributed by atoms with E-state index >= 15 is 0 Å². The predicted molar refractivity (Wildman–Crippen MR) is 62.0 cm³/mol. The number of phenolic OH excluding ortho intramolecular Hbond substituents is 1. The smallest absolute Gasteiger partial charge is 0.339 e. The van der Waals surface area contributed by atoms with E-state index in [1.165, 1.54) is 0 Å². The summed E-state index contributed by atoms with van der Waals surface area (Å²) < 4.78 is 0. The number of aromatic hydroxyl groups is 2. The van der Waals surface area contributed by atoms with Gasteiger partial charge in [0.15, 0.2) is 0 Å². The average Bonchev–Trinajstić information content (AvgIpc) is 2.13. The zero-order valence-electron chi connectivity index (χ0n) is 9.97. The highest BCUT2D eigenvalue weighted by Gasteiger charge is 2.29. The van der Waals surface area contributed by atoms with E-state index in [2.05, 4.69) is 0 Å². The SMILES string of the molecule is CC(C)(CC(=O)O)c1cc(C(=O)O)c(O)cc1O. The summed E-state index contributed by atoms with van der Waals surface area (Å²) in [6, 6.07) is 2.00. The van der Waals surface area contributed by atoms with Gasteiger partial charge in [-0.2, -0.15) is 0 Å². The summed E-state index contributed by atoms with van der Waals surface area (Å²) in [6.07, 6.45) is -0.273. The first-order valence-electron chi connectivity index (χ1n) is 5.16. The molecular formula is C12H14O6. The Hall–Kier alpha value is -2.24. The highest BCUT2D eigenvalue weighted by Crippen LogP contribution is 2.37. The highest BCUT2D eigenvalue weighted by molar-refractivity contribution is 5.91. The topological polar surface area (TPSA) is 115 Å². The maximum atomic E-state index is 10.9. The maximum absolute atomic E-state index is 10.9. The van der Waals surface area contributed by atoms with Crippen LogP contribution in [0.5, 0.6) is 11.5 Å². The Morgan fingerprint density at radius 2 is 1.67 bits per heavy atom. The molecule has 4 N–H and O–H groups in total. The van der Waals surface area contributed by atoms with E-state index in [0.717, 1.165) is 12.1 Å². The van der Waals surface area contributed by atoms with Crippen molar-refractivity contribution in [1.29, 1.82) is 0 Å². The molecule has 0 atom stereocenters. The fourth-order valence-corrected chi connectivity index (χ4v) is 1.76. The van der Waals surface area contributed by atoms with Crippen molar-refractivity contribution in [3.05, 3.63) is 23.3 Å². The van der Waals surface area contributed by atoms with Crippen molar-refractivity contribution in [2.24, 2.45) is 0 Å². The van der Waals surface area contributed by atoms with Gasteiger partial charge in [0.2, 0.25) is 0 Å². The lowest BCUT2D eigenvalue weighted by Gasteiger charge is -2.24. The lowest BCUT2D eigenvalue weighted by atomic mass is 9.80. The predicted octanol–water partition coefficient (Wildman–Crippen LogP) is 1.55. The minimum absolute atomic E-state index is 0.167. The number of aromatic carboxylic acids is 1. The van der Waals surface area contributed by atoms with Crippen LogP contribution in [0.3, 0.4) is 0 Å². The molecule has 0 aliphatic rings. The molecule has 0 spiro atoms. The summed E-state index contributed by atoms with van der Waals surface area (Å²) in [6.45, 7) is 3.14. The molecule has 0 saturated carbocycles. The summed E-state index contributed by atoms with van der Waals surface area (Å²) in [4.78, 5) is 21.6. The van der Waals surface area contributed by atoms with Crippen LogP contribution in [0, 0.1) is 0 Å². The van der Waals surface area contributed by atoms with Gasteiger partial charge in [-0.3, -0.25) is 4.79 Å². The number of rotatable bonds is 4. The number of aliphatic carboxylic acids is 1. The molecule has 0 aliphatic heterocycles. The Kier molecular flexibility index (Phi) is 3.50. The van der Waals surface area contributed by atoms with Crippen molar-refractivity contribution < 1.29 is 30.0 Å². The van der Waals surface area contributed by atoms with Crippen LogP contribution >= 0.6 is 0 Å². The third-order valence-corrected chi connectivity index (χ3v) is 2.67. The van der Waals surface area contributed by atoms with Crippen molar-refractivity contribution in [3.63, 3.8) is 0 Å². The van der Waals surface area contributed by atoms with Gasteiger partial charge in [0, 0.05) is 17.0 Å². The molecule has 0 amide bonds. The fourth-order valence-electron chi connectivity index (χ4n) is 1.76. The Labute approximate surface area is 103 Å². The average molecular weight is 254 g/mol. The number of benzene rings is 1. The van der Waals surface area contributed by atoms with E-state index in [4.69, 9.17) is 10.2 Å². The van der Waals surface area contributed by atoms with E-state index in [0.29, 0.717) is 0 Å². The molecule has 1 aromatic rings. The van der Waals surface area contributed by atoms with Gasteiger partial charge in [-0.1, -0.05) is 13.8 Å². The first kappa shape index (κ1) is 13.8. The third kappa shape index (κ3) is 2.71. The van der Waals surface area contributed by atoms with Gasteiger partial charge in [0.05, 0.1) is 6.42 Å². The molecule has 0 fully saturated rings. The van der Waals surface area contributed by atoms with Gasteiger partial charge in [0.25, 0.3) is 0 Å². The minimum atomic E-state index is -1.35. The first-order valence-corrected chi connectivity index (χ1v) is 5.16. The summed E-state index contributed by atoms with van der Waals surface area (Å²) in [5.41, 5.74) is -1.16. The largest absolute Gasteiger partial charge is 0.508 e. The molecule has 6 nitrogen and oxygen atoms in total. The van der Waals surface area contributed by atoms with Gasteiger partial charge in [-0.15, -0.1) is 0 Å². The Morgan fingerprint density at radius 1 is 1.11 bits per heavy atom. The van der Waals surface area contributed by atoms with Gasteiger partial charge >= 0.3 is 11.9 Å². The van der Waals surface area contributed by atoms with Crippen LogP contribution in [0.25, 0.3) is 0 Å². The van der Waals surface area contributed by atoms with Crippen molar-refractivity contribution in [2.75, 3.05) is 0 Å². The van der Waals surface area contributed by atoms with E-state index in [9.17, 15) is 19.8 Å². The van der Waals surface area contributed by atoms with Gasteiger partial charge in [0.1, 0.15) is 17.1 Å². The van der Waals surface area contributed by atoms with Crippen molar-refractivity contribution >= 4 is 11.9 Å². The van der Waals surface area contributed by atoms with Crippen LogP contribution in [0.2, 0.25) is 0 Å². The highest BCUT2D eigenvalue weighted by atomic mass is 16.4. The molecular weight excluding hydrogens is 240 g/mol. The molecule has 0 unspecified atom stereocenters. The van der Waals surface area contributed by atoms with Crippen molar-refractivity contribution in [2.45, 2.75) is 25.7 Å². The van der Waals surface area contributed by atoms with E-state index in [1.54, 1.807) is 13.8 Å². The van der Waals surface area contributed by atoms with Crippen LogP contribution in [0.4, 0.5) is 0 Å². The van der Waals surface area contributed by atoms with Crippen LogP contribution < -0.4 is 0 Å². The molecule has 0 bridgehead atoms. The molecule has 0 radical (unpaired) electrons. The Morgan fingerprint density at radius 3 is 2.11 bits per heavy atom. The maximum Gasteiger partial charge on any atom is 0.339 e. The number of carbonyl (C=O) groups is 2. The Balaban J connectivity index is 3.36. The van der Waals surface area contributed by atoms with Crippen LogP contribution in [-0.4, -0.2) is 32.4 Å². The lowest BCUT2D eigenvalue weighted by Crippen LogP contribution is -2.22. The molecule has 6 heteroatoms. The quantitative estimate of drug-likeness (QED) is 0.648. The van der Waals surface area contributed by atoms with Crippen LogP contribution in [0.15, 0.2) is 12.1 Å². The van der Waals surface area contributed by atoms with Gasteiger partial charge < -0.3 is 20.4 Å². The molecule has 0 heterocycles. The number of hydrogen-bond acceptors (Lipinski definition) is 4. The van der Waals surface area contributed by atoms with Crippen molar-refractivity contribution in [3.8, 4) is 11.5 Å². The van der Waals surface area contributed by atoms with Crippen molar-refractivity contribution in [1.82, 2.24) is 0 Å². The van der Waals surface area contributed by atoms with Crippen LogP contribution in [0.1, 0.15) is 36.2 Å². The van der Waals surface area contributed by atoms with E-state index < -0.39 is 23.1 Å². The zero-order valence-corrected chi connectivity index (χ0v) is 9.97. The molecule has 18 heavy (non-hydrogen) atoms. The van der Waals surface area contributed by atoms with Gasteiger partial charge in [-0.05, 0) is 6.07 Å². The molecule has 1 aromatic carbocycles. The summed E-state index contributed by atoms with van der Waals surface area (Å²) in [5, 5.41) is 36.7. The third-order valence-electron chi connectivity index (χ3n) is 2.67. The molecule has 0 aliphatic carbocycles. The van der Waals surface area contributed by atoms with Gasteiger partial charge in [-0.25, -0.2) is 4.79 Å². The second-order valence-electron chi connectivity index (χ2n) is 4.65. The second-order valence-corrected chi connectivity index (χ2v) is 4.65. The molecule has 0 aromatic heterocycles. The number of carboxylic acid groups (broad SMARTS) is 2. The second kappa shape index (κ2) is 4.56. The standard InChI is InChI=1S/C12H14O6/c1-12(2,5-10(15)16)7-3-6(11(17)18)8(13)4-9(7)14/h3-4,13-14H,5H2,1-2H3,(H,15,16)(H,17,18). The Bertz CT molecular complexity index is 504. The summed E-state index contributed by atoms with van der Waals surface area (Å²) in [5.74, 6) is -3.30. The first-order chi connectivity index (χ1) is 8.15. The monoisotopic (exact) mass is 254 g/mol. The summed E-state index contributed by atoms with van der Waals surface area (Å²) >= 11 is 0. The van der Waals surface area contributed by atoms with Crippen LogP contribution in [-0.2, 0) is 10.2 Å². The minimum Gasteiger partial charge on any atom is -0.508 e. The summed E-state index contributed by atoms with van der Waals surface area (Å²) in [7, 11) is 0. The van der Waals surface area contributed by atoms with E-state index in [-0.39, 0.29) is 23.3 Å². The normalized spacial score (nSPS) is 11.2. The molecule has 1 rings (SSSR count). The number of phenols is 2. The fraction of sp³-hybridized carbons (Fsp3) is 0.333. The molecule has 0 saturated heterocycles.